The molecule has 0 unspecified atom stereocenters. The van der Waals surface area contributed by atoms with Crippen molar-refractivity contribution in [2.75, 3.05) is 7.11 Å². The molecule has 0 aromatic rings. The normalized spacial score (nSPS) is 18.5. The van der Waals surface area contributed by atoms with Gasteiger partial charge in [-0.3, -0.25) is 9.59 Å². The Labute approximate surface area is 88.9 Å². The summed E-state index contributed by atoms with van der Waals surface area (Å²) in [6.45, 7) is 0. The van der Waals surface area contributed by atoms with E-state index in [0.717, 1.165) is 0 Å². The number of carbonyl (C=O) groups excluding carboxylic acids is 2. The highest BCUT2D eigenvalue weighted by atomic mass is 35.5. The number of hydrogen-bond donors (Lipinski definition) is 0. The largest absolute Gasteiger partial charge is 0.491 e. The van der Waals surface area contributed by atoms with E-state index in [1.54, 1.807) is 0 Å². The van der Waals surface area contributed by atoms with E-state index in [2.05, 4.69) is 4.74 Å². The highest BCUT2D eigenvalue weighted by Gasteiger charge is 2.33. The van der Waals surface area contributed by atoms with Crippen LogP contribution in [0.3, 0.4) is 0 Å². The predicted octanol–water partition coefficient (Wildman–Crippen LogP) is 1.92. The molecule has 70 valence electrons. The van der Waals surface area contributed by atoms with Gasteiger partial charge in [-0.15, -0.1) is 0 Å². The molecule has 1 aliphatic rings. The average molecular weight is 241 g/mol. The highest BCUT2D eigenvalue weighted by Crippen LogP contribution is 2.31. The van der Waals surface area contributed by atoms with Gasteiger partial charge in [0.25, 0.3) is 0 Å². The fourth-order valence-corrected chi connectivity index (χ4v) is 1.44. The van der Waals surface area contributed by atoms with Crippen molar-refractivity contribution in [3.8, 4) is 0 Å². The van der Waals surface area contributed by atoms with Gasteiger partial charge in [-0.25, -0.2) is 0 Å². The number of ketones is 2. The third-order valence-electron chi connectivity index (χ3n) is 1.40. The van der Waals surface area contributed by atoms with Gasteiger partial charge in [0.2, 0.25) is 11.6 Å². The molecule has 0 heterocycles. The molecule has 0 bridgehead atoms. The first kappa shape index (κ1) is 10.6. The van der Waals surface area contributed by atoms with Crippen molar-refractivity contribution in [2.45, 2.75) is 0 Å². The van der Waals surface area contributed by atoms with Gasteiger partial charge < -0.3 is 4.74 Å². The maximum absolute atomic E-state index is 11.2. The summed E-state index contributed by atoms with van der Waals surface area (Å²) in [6, 6.07) is 0. The SMILES string of the molecule is COC1=C(Cl)C(=O)C(Cl)=C(Cl)C1=O. The van der Waals surface area contributed by atoms with Gasteiger partial charge in [-0.05, 0) is 0 Å². The lowest BCUT2D eigenvalue weighted by Crippen LogP contribution is -2.18. The molecule has 3 nitrogen and oxygen atoms in total. The molecular weight excluding hydrogens is 238 g/mol. The minimum absolute atomic E-state index is 0.277. The van der Waals surface area contributed by atoms with Crippen molar-refractivity contribution in [3.05, 3.63) is 20.9 Å². The van der Waals surface area contributed by atoms with Crippen molar-refractivity contribution in [1.82, 2.24) is 0 Å². The Balaban J connectivity index is 3.29. The second-order valence-corrected chi connectivity index (χ2v) is 3.27. The van der Waals surface area contributed by atoms with Crippen LogP contribution in [0.1, 0.15) is 0 Å². The fraction of sp³-hybridized carbons (Fsp3) is 0.143. The molecule has 0 amide bonds. The Morgan fingerprint density at radius 1 is 0.923 bits per heavy atom. The van der Waals surface area contributed by atoms with Crippen molar-refractivity contribution >= 4 is 46.4 Å². The van der Waals surface area contributed by atoms with Crippen LogP contribution in [0.2, 0.25) is 0 Å². The van der Waals surface area contributed by atoms with E-state index in [4.69, 9.17) is 34.8 Å². The van der Waals surface area contributed by atoms with Crippen LogP contribution in [-0.4, -0.2) is 18.7 Å². The van der Waals surface area contributed by atoms with E-state index in [0.29, 0.717) is 0 Å². The van der Waals surface area contributed by atoms with Crippen LogP contribution in [0.5, 0.6) is 0 Å². The highest BCUT2D eigenvalue weighted by molar-refractivity contribution is 6.63. The smallest absolute Gasteiger partial charge is 0.242 e. The van der Waals surface area contributed by atoms with Crippen LogP contribution in [-0.2, 0) is 14.3 Å². The molecule has 0 spiro atoms. The Morgan fingerprint density at radius 3 is 1.85 bits per heavy atom. The molecule has 0 fully saturated rings. The second-order valence-electron chi connectivity index (χ2n) is 2.13. The first-order valence-corrected chi connectivity index (χ1v) is 4.22. The Morgan fingerprint density at radius 2 is 1.38 bits per heavy atom. The molecule has 6 heteroatoms. The maximum Gasteiger partial charge on any atom is 0.242 e. The summed E-state index contributed by atoms with van der Waals surface area (Å²) in [5, 5.41) is -1.09. The zero-order valence-electron chi connectivity index (χ0n) is 6.36. The summed E-state index contributed by atoms with van der Waals surface area (Å²) >= 11 is 16.4. The van der Waals surface area contributed by atoms with Gasteiger partial charge in [0.15, 0.2) is 5.76 Å². The zero-order valence-corrected chi connectivity index (χ0v) is 8.63. The summed E-state index contributed by atoms with van der Waals surface area (Å²) in [4.78, 5) is 22.4. The van der Waals surface area contributed by atoms with Gasteiger partial charge >= 0.3 is 0 Å². The maximum atomic E-state index is 11.2. The summed E-state index contributed by atoms with van der Waals surface area (Å²) in [5.74, 6) is -1.66. The third kappa shape index (κ3) is 1.59. The molecule has 13 heavy (non-hydrogen) atoms. The van der Waals surface area contributed by atoms with Crippen molar-refractivity contribution in [1.29, 1.82) is 0 Å². The Hall–Kier alpha value is -0.510. The van der Waals surface area contributed by atoms with Crippen molar-refractivity contribution in [2.24, 2.45) is 0 Å². The molecule has 0 saturated carbocycles. The fourth-order valence-electron chi connectivity index (χ4n) is 0.780. The number of methoxy groups -OCH3 is 1. The molecular formula is C7H3Cl3O3. The minimum Gasteiger partial charge on any atom is -0.491 e. The number of halogens is 3. The number of ether oxygens (including phenoxy) is 1. The van der Waals surface area contributed by atoms with Crippen LogP contribution < -0.4 is 0 Å². The van der Waals surface area contributed by atoms with Gasteiger partial charge in [-0.1, -0.05) is 34.8 Å². The summed E-state index contributed by atoms with van der Waals surface area (Å²) < 4.78 is 4.60. The summed E-state index contributed by atoms with van der Waals surface area (Å²) in [7, 11) is 1.21. The molecule has 0 saturated heterocycles. The standard InChI is InChI=1S/C7H3Cl3O3/c1-13-7-4(10)5(11)2(8)3(9)6(7)12/h1H3. The van der Waals surface area contributed by atoms with Gasteiger partial charge in [0.1, 0.15) is 15.1 Å². The monoisotopic (exact) mass is 240 g/mol. The molecule has 1 aliphatic carbocycles. The molecule has 0 radical (unpaired) electrons. The number of Topliss-reactive ketones (excluding diaryl/α,β-unsaturated/α-hetero) is 2. The first-order valence-electron chi connectivity index (χ1n) is 3.09. The summed E-state index contributed by atoms with van der Waals surface area (Å²) in [5.41, 5.74) is 0. The number of allylic oxidation sites excluding steroid dienone is 3. The lowest BCUT2D eigenvalue weighted by molar-refractivity contribution is -0.117. The predicted molar refractivity (Wildman–Crippen MR) is 48.6 cm³/mol. The van der Waals surface area contributed by atoms with Crippen LogP contribution >= 0.6 is 34.8 Å². The lowest BCUT2D eigenvalue weighted by atomic mass is 10.1. The second kappa shape index (κ2) is 3.70. The van der Waals surface area contributed by atoms with Crippen LogP contribution in [0, 0.1) is 0 Å². The van der Waals surface area contributed by atoms with Crippen LogP contribution in [0.15, 0.2) is 20.9 Å². The number of carbonyl (C=O) groups is 2. The van der Waals surface area contributed by atoms with E-state index < -0.39 is 11.6 Å². The average Bonchev–Trinajstić information content (AvgIpc) is 2.13. The Bertz CT molecular complexity index is 354. The Kier molecular flexibility index (Phi) is 3.01. The van der Waals surface area contributed by atoms with Crippen molar-refractivity contribution in [3.63, 3.8) is 0 Å². The molecule has 0 aromatic heterocycles. The number of hydrogen-bond acceptors (Lipinski definition) is 3. The van der Waals surface area contributed by atoms with Crippen molar-refractivity contribution < 1.29 is 14.3 Å². The van der Waals surface area contributed by atoms with E-state index >= 15 is 0 Å². The summed E-state index contributed by atoms with van der Waals surface area (Å²) in [6.07, 6.45) is 0. The molecule has 0 atom stereocenters. The van der Waals surface area contributed by atoms with Gasteiger partial charge in [0, 0.05) is 0 Å². The van der Waals surface area contributed by atoms with Gasteiger partial charge in [0.05, 0.1) is 7.11 Å². The quantitative estimate of drug-likeness (QED) is 0.659. The number of rotatable bonds is 1. The van der Waals surface area contributed by atoms with Gasteiger partial charge in [-0.2, -0.15) is 0 Å². The van der Waals surface area contributed by atoms with E-state index in [1.807, 2.05) is 0 Å². The third-order valence-corrected chi connectivity index (χ3v) is 2.56. The molecule has 0 N–H and O–H groups in total. The zero-order chi connectivity index (χ0) is 10.2. The molecule has 0 aromatic carbocycles. The van der Waals surface area contributed by atoms with Crippen LogP contribution in [0.4, 0.5) is 0 Å². The minimum atomic E-state index is -0.704. The molecule has 1 rings (SSSR count). The van der Waals surface area contributed by atoms with E-state index in [-0.39, 0.29) is 20.9 Å². The van der Waals surface area contributed by atoms with E-state index in [1.165, 1.54) is 7.11 Å². The topological polar surface area (TPSA) is 43.4 Å². The lowest BCUT2D eigenvalue weighted by Gasteiger charge is -2.12. The first-order chi connectivity index (χ1) is 6.00. The van der Waals surface area contributed by atoms with Crippen LogP contribution in [0.25, 0.3) is 0 Å². The molecule has 0 aliphatic heterocycles. The van der Waals surface area contributed by atoms with E-state index in [9.17, 15) is 9.59 Å².